The van der Waals surface area contributed by atoms with Crippen LogP contribution >= 0.6 is 0 Å². The van der Waals surface area contributed by atoms with E-state index in [4.69, 9.17) is 9.16 Å². The molecule has 0 aliphatic heterocycles. The number of ether oxygens (including phenoxy) is 1. The van der Waals surface area contributed by atoms with E-state index in [1.54, 1.807) is 0 Å². The van der Waals surface area contributed by atoms with Crippen molar-refractivity contribution in [1.29, 1.82) is 0 Å². The van der Waals surface area contributed by atoms with Gasteiger partial charge in [0, 0.05) is 12.5 Å². The molecule has 2 aromatic rings. The maximum atomic E-state index is 6.65. The largest absolute Gasteiger partial charge is 0.490 e. The first-order valence-electron chi connectivity index (χ1n) is 10.2. The lowest BCUT2D eigenvalue weighted by Crippen LogP contribution is -2.45. The third-order valence-corrected chi connectivity index (χ3v) is 10.6. The van der Waals surface area contributed by atoms with E-state index in [1.165, 1.54) is 24.0 Å². The van der Waals surface area contributed by atoms with Gasteiger partial charge >= 0.3 is 0 Å². The summed E-state index contributed by atoms with van der Waals surface area (Å²) < 4.78 is 13.0. The van der Waals surface area contributed by atoms with E-state index in [2.05, 4.69) is 82.4 Å². The number of hydrogen-bond acceptors (Lipinski definition) is 2. The van der Waals surface area contributed by atoms with Crippen LogP contribution in [0.25, 0.3) is 11.1 Å². The maximum absolute atomic E-state index is 6.65. The smallest absolute Gasteiger partial charge is 0.192 e. The van der Waals surface area contributed by atoms with Gasteiger partial charge in [0.25, 0.3) is 0 Å². The molecular weight excluding hydrogens is 348 g/mol. The van der Waals surface area contributed by atoms with E-state index >= 15 is 0 Å². The Morgan fingerprint density at radius 1 is 0.815 bits per heavy atom. The molecule has 1 aliphatic carbocycles. The predicted octanol–water partition coefficient (Wildman–Crippen LogP) is 7.07. The van der Waals surface area contributed by atoms with Crippen molar-refractivity contribution in [2.75, 3.05) is 0 Å². The molecule has 3 rings (SSSR count). The summed E-state index contributed by atoms with van der Waals surface area (Å²) in [7, 11) is -1.71. The van der Waals surface area contributed by atoms with Crippen LogP contribution < -0.4 is 4.74 Å². The molecule has 0 saturated heterocycles. The van der Waals surface area contributed by atoms with Gasteiger partial charge < -0.3 is 9.16 Å². The molecule has 0 radical (unpaired) electrons. The normalized spacial score (nSPS) is 21.1. The van der Waals surface area contributed by atoms with Gasteiger partial charge in [-0.1, -0.05) is 63.2 Å². The molecule has 0 spiro atoms. The Labute approximate surface area is 166 Å². The quantitative estimate of drug-likeness (QED) is 0.515. The Kier molecular flexibility index (Phi) is 6.12. The van der Waals surface area contributed by atoms with E-state index < -0.39 is 8.32 Å². The SMILES string of the molecule is CC(C)(C)[Si](C)(C)OC1CCCC(Oc2ccc(-c3ccccc3)cc2)C1. The van der Waals surface area contributed by atoms with E-state index in [0.717, 1.165) is 18.6 Å². The van der Waals surface area contributed by atoms with Gasteiger partial charge in [-0.25, -0.2) is 0 Å². The number of rotatable bonds is 5. The van der Waals surface area contributed by atoms with Gasteiger partial charge in [0.2, 0.25) is 0 Å². The molecule has 2 unspecified atom stereocenters. The van der Waals surface area contributed by atoms with Crippen LogP contribution in [-0.4, -0.2) is 20.5 Å². The minimum Gasteiger partial charge on any atom is -0.490 e. The average molecular weight is 383 g/mol. The summed E-state index contributed by atoms with van der Waals surface area (Å²) in [5, 5.41) is 0.258. The summed E-state index contributed by atoms with van der Waals surface area (Å²) in [5.41, 5.74) is 2.47. The van der Waals surface area contributed by atoms with Crippen LogP contribution in [0.5, 0.6) is 5.75 Å². The second kappa shape index (κ2) is 8.20. The Morgan fingerprint density at radius 2 is 1.41 bits per heavy atom. The lowest BCUT2D eigenvalue weighted by Gasteiger charge is -2.41. The van der Waals surface area contributed by atoms with Gasteiger partial charge in [-0.2, -0.15) is 0 Å². The molecule has 0 heterocycles. The Hall–Kier alpha value is -1.58. The predicted molar refractivity (Wildman–Crippen MR) is 117 cm³/mol. The van der Waals surface area contributed by atoms with E-state index in [-0.39, 0.29) is 11.1 Å². The molecule has 2 nitrogen and oxygen atoms in total. The molecule has 0 bridgehead atoms. The zero-order valence-corrected chi connectivity index (χ0v) is 18.5. The highest BCUT2D eigenvalue weighted by Gasteiger charge is 2.40. The van der Waals surface area contributed by atoms with Crippen LogP contribution in [0.4, 0.5) is 0 Å². The summed E-state index contributed by atoms with van der Waals surface area (Å²) in [4.78, 5) is 0. The first kappa shape index (κ1) is 20.2. The molecule has 0 N–H and O–H groups in total. The topological polar surface area (TPSA) is 18.5 Å². The van der Waals surface area contributed by atoms with Crippen LogP contribution in [0.1, 0.15) is 46.5 Å². The second-order valence-electron chi connectivity index (χ2n) is 9.30. The van der Waals surface area contributed by atoms with E-state index in [0.29, 0.717) is 6.10 Å². The van der Waals surface area contributed by atoms with Crippen LogP contribution in [0.3, 0.4) is 0 Å². The monoisotopic (exact) mass is 382 g/mol. The summed E-state index contributed by atoms with van der Waals surface area (Å²) in [6.45, 7) is 11.6. The van der Waals surface area contributed by atoms with Crippen molar-refractivity contribution in [1.82, 2.24) is 0 Å². The van der Waals surface area contributed by atoms with Crippen molar-refractivity contribution >= 4 is 8.32 Å². The molecule has 0 aromatic heterocycles. The van der Waals surface area contributed by atoms with Crippen LogP contribution in [0, 0.1) is 0 Å². The summed E-state index contributed by atoms with van der Waals surface area (Å²) >= 11 is 0. The van der Waals surface area contributed by atoms with Gasteiger partial charge in [0.05, 0.1) is 0 Å². The highest BCUT2D eigenvalue weighted by atomic mass is 28.4. The van der Waals surface area contributed by atoms with Crippen molar-refractivity contribution in [3.63, 3.8) is 0 Å². The molecule has 2 aromatic carbocycles. The molecule has 27 heavy (non-hydrogen) atoms. The van der Waals surface area contributed by atoms with E-state index in [1.807, 2.05) is 6.07 Å². The summed E-state index contributed by atoms with van der Waals surface area (Å²) in [6.07, 6.45) is 5.08. The third kappa shape index (κ3) is 5.23. The molecule has 1 saturated carbocycles. The van der Waals surface area contributed by atoms with Gasteiger partial charge in [0.1, 0.15) is 11.9 Å². The molecule has 0 amide bonds. The Morgan fingerprint density at radius 3 is 2.04 bits per heavy atom. The van der Waals surface area contributed by atoms with Gasteiger partial charge in [-0.05, 0) is 60.7 Å². The first-order valence-corrected chi connectivity index (χ1v) is 13.2. The number of hydrogen-bond donors (Lipinski definition) is 0. The van der Waals surface area contributed by atoms with Crippen molar-refractivity contribution in [2.24, 2.45) is 0 Å². The van der Waals surface area contributed by atoms with Crippen molar-refractivity contribution in [3.8, 4) is 16.9 Å². The molecule has 1 fully saturated rings. The fourth-order valence-electron chi connectivity index (χ4n) is 3.46. The number of benzene rings is 2. The highest BCUT2D eigenvalue weighted by Crippen LogP contribution is 2.39. The van der Waals surface area contributed by atoms with E-state index in [9.17, 15) is 0 Å². The lowest BCUT2D eigenvalue weighted by molar-refractivity contribution is 0.0600. The minimum atomic E-state index is -1.71. The molecule has 146 valence electrons. The zero-order chi connectivity index (χ0) is 19.5. The van der Waals surface area contributed by atoms with Crippen molar-refractivity contribution in [3.05, 3.63) is 54.6 Å². The van der Waals surface area contributed by atoms with Crippen molar-refractivity contribution < 1.29 is 9.16 Å². The lowest BCUT2D eigenvalue weighted by atomic mass is 9.95. The second-order valence-corrected chi connectivity index (χ2v) is 14.1. The van der Waals surface area contributed by atoms with Crippen LogP contribution in [-0.2, 0) is 4.43 Å². The van der Waals surface area contributed by atoms with Crippen LogP contribution in [0.15, 0.2) is 54.6 Å². The fourth-order valence-corrected chi connectivity index (χ4v) is 4.86. The first-order chi connectivity index (χ1) is 12.7. The molecule has 2 atom stereocenters. The van der Waals surface area contributed by atoms with Crippen LogP contribution in [0.2, 0.25) is 18.1 Å². The Balaban J connectivity index is 1.59. The van der Waals surface area contributed by atoms with Gasteiger partial charge in [-0.15, -0.1) is 0 Å². The average Bonchev–Trinajstić information content (AvgIpc) is 2.62. The Bertz CT molecular complexity index is 716. The molecule has 3 heteroatoms. The molecular formula is C24H34O2Si. The van der Waals surface area contributed by atoms with Crippen molar-refractivity contribution in [2.45, 2.75) is 76.8 Å². The summed E-state index contributed by atoms with van der Waals surface area (Å²) in [5.74, 6) is 0.965. The molecule has 1 aliphatic rings. The highest BCUT2D eigenvalue weighted by molar-refractivity contribution is 6.74. The standard InChI is InChI=1S/C24H34O2Si/c1-24(2,3)27(4,5)26-23-13-9-12-22(18-23)25-21-16-14-20(15-17-21)19-10-7-6-8-11-19/h6-8,10-11,14-17,22-23H,9,12-13,18H2,1-5H3. The third-order valence-electron chi connectivity index (χ3n) is 6.11. The maximum Gasteiger partial charge on any atom is 0.192 e. The zero-order valence-electron chi connectivity index (χ0n) is 17.5. The van der Waals surface area contributed by atoms with Gasteiger partial charge in [-0.3, -0.25) is 0 Å². The van der Waals surface area contributed by atoms with Gasteiger partial charge in [0.15, 0.2) is 8.32 Å². The minimum absolute atomic E-state index is 0.258. The summed E-state index contributed by atoms with van der Waals surface area (Å²) in [6, 6.07) is 19.0. The fraction of sp³-hybridized carbons (Fsp3) is 0.500.